The van der Waals surface area contributed by atoms with E-state index in [0.717, 1.165) is 11.8 Å². The van der Waals surface area contributed by atoms with Crippen molar-refractivity contribution in [2.24, 2.45) is 5.92 Å². The summed E-state index contributed by atoms with van der Waals surface area (Å²) in [5.41, 5.74) is 0. The minimum absolute atomic E-state index is 0.788. The molecule has 0 radical (unpaired) electrons. The Kier molecular flexibility index (Phi) is 8.61. The maximum Gasteiger partial charge on any atom is 0.0251 e. The first-order valence-corrected chi connectivity index (χ1v) is 5.44. The highest BCUT2D eigenvalue weighted by atomic mass is 35.5. The van der Waals surface area contributed by atoms with E-state index in [1.807, 2.05) is 0 Å². The molecule has 0 saturated heterocycles. The van der Waals surface area contributed by atoms with Crippen LogP contribution < -0.4 is 0 Å². The SMILES string of the molecule is CCCCC(CCl)CCCC. The monoisotopic (exact) mass is 176 g/mol. The summed E-state index contributed by atoms with van der Waals surface area (Å²) in [7, 11) is 0. The van der Waals surface area contributed by atoms with Gasteiger partial charge in [0.05, 0.1) is 0 Å². The average molecular weight is 177 g/mol. The standard InChI is InChI=1S/C10H21Cl/c1-3-5-7-10(9-11)8-6-4-2/h10H,3-9H2,1-2H3. The molecular weight excluding hydrogens is 156 g/mol. The molecule has 0 aromatic rings. The predicted molar refractivity (Wildman–Crippen MR) is 53.3 cm³/mol. The number of hydrogen-bond acceptors (Lipinski definition) is 0. The molecule has 68 valence electrons. The lowest BCUT2D eigenvalue weighted by molar-refractivity contribution is 0.459. The van der Waals surface area contributed by atoms with E-state index in [0.29, 0.717) is 0 Å². The molecule has 0 unspecified atom stereocenters. The fraction of sp³-hybridized carbons (Fsp3) is 1.00. The van der Waals surface area contributed by atoms with Crippen molar-refractivity contribution in [1.82, 2.24) is 0 Å². The van der Waals surface area contributed by atoms with Gasteiger partial charge >= 0.3 is 0 Å². The molecule has 0 aliphatic heterocycles. The van der Waals surface area contributed by atoms with E-state index in [2.05, 4.69) is 13.8 Å². The van der Waals surface area contributed by atoms with Crippen LogP contribution >= 0.6 is 11.6 Å². The van der Waals surface area contributed by atoms with Crippen LogP contribution in [0.1, 0.15) is 52.4 Å². The van der Waals surface area contributed by atoms with E-state index in [9.17, 15) is 0 Å². The van der Waals surface area contributed by atoms with Crippen molar-refractivity contribution in [3.8, 4) is 0 Å². The van der Waals surface area contributed by atoms with Crippen molar-refractivity contribution in [3.63, 3.8) is 0 Å². The molecule has 0 aromatic carbocycles. The summed E-state index contributed by atoms with van der Waals surface area (Å²) in [6, 6.07) is 0. The Morgan fingerprint density at radius 3 is 1.73 bits per heavy atom. The summed E-state index contributed by atoms with van der Waals surface area (Å²) >= 11 is 5.84. The van der Waals surface area contributed by atoms with Crippen LogP contribution in [0, 0.1) is 5.92 Å². The molecule has 0 amide bonds. The average Bonchev–Trinajstić information content (AvgIpc) is 2.05. The Balaban J connectivity index is 3.25. The fourth-order valence-corrected chi connectivity index (χ4v) is 1.59. The molecule has 0 aliphatic carbocycles. The Hall–Kier alpha value is 0.290. The van der Waals surface area contributed by atoms with Crippen LogP contribution in [-0.4, -0.2) is 5.88 Å². The third kappa shape index (κ3) is 6.68. The van der Waals surface area contributed by atoms with E-state index in [4.69, 9.17) is 11.6 Å². The molecule has 0 spiro atoms. The van der Waals surface area contributed by atoms with Gasteiger partial charge in [0.15, 0.2) is 0 Å². The molecule has 0 saturated carbocycles. The molecule has 0 atom stereocenters. The molecule has 0 bridgehead atoms. The molecular formula is C10H21Cl. The zero-order valence-electron chi connectivity index (χ0n) is 7.91. The van der Waals surface area contributed by atoms with E-state index >= 15 is 0 Å². The van der Waals surface area contributed by atoms with Crippen molar-refractivity contribution in [2.75, 3.05) is 5.88 Å². The molecule has 0 N–H and O–H groups in total. The third-order valence-electron chi connectivity index (χ3n) is 2.15. The molecule has 1 heteroatoms. The molecule has 0 nitrogen and oxygen atoms in total. The first-order valence-electron chi connectivity index (χ1n) is 4.91. The number of halogens is 1. The van der Waals surface area contributed by atoms with Gasteiger partial charge in [0.1, 0.15) is 0 Å². The van der Waals surface area contributed by atoms with Gasteiger partial charge in [-0.3, -0.25) is 0 Å². The highest BCUT2D eigenvalue weighted by Crippen LogP contribution is 2.17. The lowest BCUT2D eigenvalue weighted by Gasteiger charge is -2.11. The Morgan fingerprint density at radius 1 is 1.00 bits per heavy atom. The predicted octanol–water partition coefficient (Wildman–Crippen LogP) is 4.22. The van der Waals surface area contributed by atoms with Gasteiger partial charge in [-0.2, -0.15) is 0 Å². The summed E-state index contributed by atoms with van der Waals surface area (Å²) in [5.74, 6) is 1.65. The maximum atomic E-state index is 5.84. The smallest absolute Gasteiger partial charge is 0.0251 e. The van der Waals surface area contributed by atoms with Gasteiger partial charge in [-0.05, 0) is 18.8 Å². The van der Waals surface area contributed by atoms with Crippen LogP contribution in [0.3, 0.4) is 0 Å². The van der Waals surface area contributed by atoms with Gasteiger partial charge in [-0.1, -0.05) is 39.5 Å². The van der Waals surface area contributed by atoms with Crippen molar-refractivity contribution in [2.45, 2.75) is 52.4 Å². The topological polar surface area (TPSA) is 0 Å². The fourth-order valence-electron chi connectivity index (χ4n) is 1.28. The molecule has 11 heavy (non-hydrogen) atoms. The number of rotatable bonds is 7. The molecule has 0 fully saturated rings. The lowest BCUT2D eigenvalue weighted by atomic mass is 9.98. The number of unbranched alkanes of at least 4 members (excludes halogenated alkanes) is 2. The van der Waals surface area contributed by atoms with Gasteiger partial charge in [-0.15, -0.1) is 11.6 Å². The van der Waals surface area contributed by atoms with Crippen LogP contribution in [0.25, 0.3) is 0 Å². The van der Waals surface area contributed by atoms with Crippen LogP contribution in [0.5, 0.6) is 0 Å². The van der Waals surface area contributed by atoms with Crippen molar-refractivity contribution >= 4 is 11.6 Å². The summed E-state index contributed by atoms with van der Waals surface area (Å²) < 4.78 is 0. The van der Waals surface area contributed by atoms with Crippen LogP contribution in [0.15, 0.2) is 0 Å². The first kappa shape index (κ1) is 11.3. The van der Waals surface area contributed by atoms with Crippen molar-refractivity contribution in [3.05, 3.63) is 0 Å². The summed E-state index contributed by atoms with van der Waals surface area (Å²) in [5, 5.41) is 0. The second-order valence-corrected chi connectivity index (χ2v) is 3.61. The van der Waals surface area contributed by atoms with E-state index in [1.165, 1.54) is 38.5 Å². The second-order valence-electron chi connectivity index (χ2n) is 3.30. The quantitative estimate of drug-likeness (QED) is 0.510. The molecule has 0 rings (SSSR count). The minimum atomic E-state index is 0.788. The van der Waals surface area contributed by atoms with E-state index in [-0.39, 0.29) is 0 Å². The molecule has 0 heterocycles. The van der Waals surface area contributed by atoms with Gasteiger partial charge in [-0.25, -0.2) is 0 Å². The van der Waals surface area contributed by atoms with E-state index in [1.54, 1.807) is 0 Å². The number of hydrogen-bond donors (Lipinski definition) is 0. The highest BCUT2D eigenvalue weighted by Gasteiger charge is 2.04. The summed E-state index contributed by atoms with van der Waals surface area (Å²) in [6.07, 6.45) is 7.97. The zero-order chi connectivity index (χ0) is 8.53. The Bertz CT molecular complexity index is 63.3. The van der Waals surface area contributed by atoms with Gasteiger partial charge in [0.25, 0.3) is 0 Å². The first-order chi connectivity index (χ1) is 5.35. The normalized spacial score (nSPS) is 10.9. The Morgan fingerprint density at radius 2 is 1.45 bits per heavy atom. The zero-order valence-corrected chi connectivity index (χ0v) is 8.66. The summed E-state index contributed by atoms with van der Waals surface area (Å²) in [4.78, 5) is 0. The lowest BCUT2D eigenvalue weighted by Crippen LogP contribution is -2.01. The van der Waals surface area contributed by atoms with E-state index < -0.39 is 0 Å². The highest BCUT2D eigenvalue weighted by molar-refractivity contribution is 6.18. The maximum absolute atomic E-state index is 5.84. The van der Waals surface area contributed by atoms with Crippen LogP contribution in [0.2, 0.25) is 0 Å². The third-order valence-corrected chi connectivity index (χ3v) is 2.59. The Labute approximate surface area is 76.3 Å². The second kappa shape index (κ2) is 8.39. The minimum Gasteiger partial charge on any atom is -0.126 e. The van der Waals surface area contributed by atoms with Crippen LogP contribution in [-0.2, 0) is 0 Å². The van der Waals surface area contributed by atoms with Crippen molar-refractivity contribution < 1.29 is 0 Å². The summed E-state index contributed by atoms with van der Waals surface area (Å²) in [6.45, 7) is 4.48. The molecule has 0 aliphatic rings. The van der Waals surface area contributed by atoms with Gasteiger partial charge in [0, 0.05) is 5.88 Å². The van der Waals surface area contributed by atoms with Crippen LogP contribution in [0.4, 0.5) is 0 Å². The number of alkyl halides is 1. The van der Waals surface area contributed by atoms with Gasteiger partial charge in [0.2, 0.25) is 0 Å². The largest absolute Gasteiger partial charge is 0.126 e. The van der Waals surface area contributed by atoms with Gasteiger partial charge < -0.3 is 0 Å². The molecule has 0 aromatic heterocycles. The van der Waals surface area contributed by atoms with Crippen molar-refractivity contribution in [1.29, 1.82) is 0 Å².